The van der Waals surface area contributed by atoms with Gasteiger partial charge in [0.25, 0.3) is 0 Å². The first-order valence-corrected chi connectivity index (χ1v) is 10.3. The molecule has 0 saturated heterocycles. The largest absolute Gasteiger partial charge is 0.496 e. The molecule has 2 aromatic carbocycles. The van der Waals surface area contributed by atoms with Crippen molar-refractivity contribution < 1.29 is 28.3 Å². The quantitative estimate of drug-likeness (QED) is 0.321. The lowest BCUT2D eigenvalue weighted by Gasteiger charge is -2.08. The molecule has 0 amide bonds. The summed E-state index contributed by atoms with van der Waals surface area (Å²) >= 11 is 3.33. The van der Waals surface area contributed by atoms with Gasteiger partial charge in [0, 0.05) is 5.56 Å². The number of methoxy groups -OCH3 is 1. The van der Waals surface area contributed by atoms with E-state index in [4.69, 9.17) is 18.7 Å². The van der Waals surface area contributed by atoms with Crippen molar-refractivity contribution in [2.24, 2.45) is 0 Å². The number of carbonyl (C=O) groups is 2. The zero-order valence-electron chi connectivity index (χ0n) is 17.4. The van der Waals surface area contributed by atoms with Gasteiger partial charge in [-0.2, -0.15) is 0 Å². The van der Waals surface area contributed by atoms with Gasteiger partial charge in [-0.1, -0.05) is 17.3 Å². The van der Waals surface area contributed by atoms with Crippen molar-refractivity contribution in [3.63, 3.8) is 0 Å². The van der Waals surface area contributed by atoms with Crippen LogP contribution in [0, 0.1) is 13.8 Å². The average molecular weight is 488 g/mol. The minimum atomic E-state index is -0.481. The molecule has 7 nitrogen and oxygen atoms in total. The fourth-order valence-electron chi connectivity index (χ4n) is 2.85. The van der Waals surface area contributed by atoms with Crippen molar-refractivity contribution in [3.8, 4) is 11.5 Å². The molecular weight excluding hydrogens is 466 g/mol. The van der Waals surface area contributed by atoms with Crippen molar-refractivity contribution in [3.05, 3.63) is 75.1 Å². The number of carbonyl (C=O) groups excluding carboxylic acids is 2. The van der Waals surface area contributed by atoms with Crippen molar-refractivity contribution in [2.45, 2.75) is 26.9 Å². The number of halogens is 1. The van der Waals surface area contributed by atoms with Gasteiger partial charge in [-0.15, -0.1) is 0 Å². The number of ether oxygens (including phenoxy) is 3. The van der Waals surface area contributed by atoms with Crippen LogP contribution in [0.25, 0.3) is 0 Å². The first-order chi connectivity index (χ1) is 14.9. The van der Waals surface area contributed by atoms with Crippen LogP contribution in [0.5, 0.6) is 11.5 Å². The maximum absolute atomic E-state index is 12.2. The summed E-state index contributed by atoms with van der Waals surface area (Å²) in [5, 5.41) is 3.90. The number of rotatable bonds is 9. The SMILES string of the molecule is COc1ccc(C(=O)COC(=O)Cc2ccc(OCc3c(C)noc3C)cc2)cc1Br. The second-order valence-corrected chi connectivity index (χ2v) is 7.70. The van der Waals surface area contributed by atoms with Crippen LogP contribution in [-0.2, 0) is 22.6 Å². The maximum Gasteiger partial charge on any atom is 0.310 e. The van der Waals surface area contributed by atoms with Crippen LogP contribution in [0.15, 0.2) is 51.5 Å². The van der Waals surface area contributed by atoms with Crippen LogP contribution in [0.4, 0.5) is 0 Å². The number of hydrogen-bond acceptors (Lipinski definition) is 7. The fourth-order valence-corrected chi connectivity index (χ4v) is 3.39. The third-order valence-corrected chi connectivity index (χ3v) is 5.29. The Labute approximate surface area is 188 Å². The Morgan fingerprint density at radius 3 is 2.45 bits per heavy atom. The molecule has 0 atom stereocenters. The topological polar surface area (TPSA) is 87.9 Å². The van der Waals surface area contributed by atoms with Crippen LogP contribution in [-0.4, -0.2) is 30.6 Å². The summed E-state index contributed by atoms with van der Waals surface area (Å²) in [5.74, 6) is 1.24. The molecule has 0 radical (unpaired) electrons. The number of hydrogen-bond donors (Lipinski definition) is 0. The van der Waals surface area contributed by atoms with Crippen LogP contribution < -0.4 is 9.47 Å². The molecular formula is C23H22BrNO6. The highest BCUT2D eigenvalue weighted by molar-refractivity contribution is 9.10. The molecule has 1 heterocycles. The second-order valence-electron chi connectivity index (χ2n) is 6.85. The van der Waals surface area contributed by atoms with Crippen LogP contribution in [0.2, 0.25) is 0 Å². The summed E-state index contributed by atoms with van der Waals surface area (Å²) in [7, 11) is 1.54. The molecule has 0 unspecified atom stereocenters. The van der Waals surface area contributed by atoms with Gasteiger partial charge in [-0.05, 0) is 65.7 Å². The van der Waals surface area contributed by atoms with Gasteiger partial charge in [0.2, 0.25) is 0 Å². The Morgan fingerprint density at radius 2 is 1.84 bits per heavy atom. The van der Waals surface area contributed by atoms with Crippen LogP contribution >= 0.6 is 15.9 Å². The molecule has 3 rings (SSSR count). The summed E-state index contributed by atoms with van der Waals surface area (Å²) in [5.41, 5.74) is 2.91. The first kappa shape index (κ1) is 22.6. The van der Waals surface area contributed by atoms with Gasteiger partial charge in [0.15, 0.2) is 12.4 Å². The summed E-state index contributed by atoms with van der Waals surface area (Å²) in [4.78, 5) is 24.4. The average Bonchev–Trinajstić information content (AvgIpc) is 3.08. The van der Waals surface area contributed by atoms with Gasteiger partial charge >= 0.3 is 5.97 Å². The lowest BCUT2D eigenvalue weighted by molar-refractivity contribution is -0.141. The molecule has 0 bridgehead atoms. The highest BCUT2D eigenvalue weighted by Gasteiger charge is 2.13. The summed E-state index contributed by atoms with van der Waals surface area (Å²) in [6.45, 7) is 3.73. The van der Waals surface area contributed by atoms with E-state index in [1.807, 2.05) is 13.8 Å². The van der Waals surface area contributed by atoms with E-state index in [1.54, 1.807) is 49.6 Å². The van der Waals surface area contributed by atoms with Crippen molar-refractivity contribution in [1.82, 2.24) is 5.16 Å². The van der Waals surface area contributed by atoms with E-state index in [2.05, 4.69) is 21.1 Å². The number of esters is 1. The lowest BCUT2D eigenvalue weighted by atomic mass is 10.1. The Bertz CT molecular complexity index is 1050. The van der Waals surface area contributed by atoms with E-state index in [0.29, 0.717) is 28.1 Å². The van der Waals surface area contributed by atoms with Crippen LogP contribution in [0.1, 0.15) is 32.9 Å². The fraction of sp³-hybridized carbons (Fsp3) is 0.261. The monoisotopic (exact) mass is 487 g/mol. The van der Waals surface area contributed by atoms with E-state index in [1.165, 1.54) is 0 Å². The molecule has 0 aliphatic carbocycles. The van der Waals surface area contributed by atoms with E-state index in [-0.39, 0.29) is 18.8 Å². The Kier molecular flexibility index (Phi) is 7.46. The first-order valence-electron chi connectivity index (χ1n) is 9.53. The Hall–Kier alpha value is -3.13. The summed E-state index contributed by atoms with van der Waals surface area (Å²) in [6.07, 6.45) is 0.0593. The molecule has 0 aliphatic rings. The molecule has 0 fully saturated rings. The predicted molar refractivity (Wildman–Crippen MR) is 116 cm³/mol. The number of aromatic nitrogens is 1. The number of aryl methyl sites for hydroxylation is 2. The molecule has 0 spiro atoms. The van der Waals surface area contributed by atoms with Crippen molar-refractivity contribution >= 4 is 27.7 Å². The summed E-state index contributed by atoms with van der Waals surface area (Å²) < 4.78 is 21.8. The zero-order valence-corrected chi connectivity index (χ0v) is 19.0. The van der Waals surface area contributed by atoms with E-state index >= 15 is 0 Å². The third-order valence-electron chi connectivity index (χ3n) is 4.67. The van der Waals surface area contributed by atoms with Crippen molar-refractivity contribution in [2.75, 3.05) is 13.7 Å². The van der Waals surface area contributed by atoms with Gasteiger partial charge < -0.3 is 18.7 Å². The number of benzene rings is 2. The number of Topliss-reactive ketones (excluding diaryl/α,β-unsaturated/α-hetero) is 1. The molecule has 162 valence electrons. The van der Waals surface area contributed by atoms with E-state index in [9.17, 15) is 9.59 Å². The lowest BCUT2D eigenvalue weighted by Crippen LogP contribution is -2.15. The van der Waals surface area contributed by atoms with E-state index < -0.39 is 5.97 Å². The van der Waals surface area contributed by atoms with Crippen LogP contribution in [0.3, 0.4) is 0 Å². The molecule has 0 N–H and O–H groups in total. The number of nitrogens with zero attached hydrogens (tertiary/aromatic N) is 1. The molecule has 3 aromatic rings. The maximum atomic E-state index is 12.2. The Morgan fingerprint density at radius 1 is 1.10 bits per heavy atom. The van der Waals surface area contributed by atoms with Gasteiger partial charge in [-0.25, -0.2) is 0 Å². The minimum Gasteiger partial charge on any atom is -0.496 e. The molecule has 0 saturated carbocycles. The number of ketones is 1. The van der Waals surface area contributed by atoms with Gasteiger partial charge in [-0.3, -0.25) is 9.59 Å². The smallest absolute Gasteiger partial charge is 0.310 e. The zero-order chi connectivity index (χ0) is 22.4. The highest BCUT2D eigenvalue weighted by atomic mass is 79.9. The van der Waals surface area contributed by atoms with Gasteiger partial charge in [0.1, 0.15) is 23.9 Å². The highest BCUT2D eigenvalue weighted by Crippen LogP contribution is 2.25. The predicted octanol–water partition coefficient (Wildman–Crippen LogP) is 4.61. The minimum absolute atomic E-state index is 0.0593. The van der Waals surface area contributed by atoms with E-state index in [0.717, 1.165) is 22.6 Å². The Balaban J connectivity index is 1.48. The molecule has 1 aromatic heterocycles. The van der Waals surface area contributed by atoms with Crippen molar-refractivity contribution in [1.29, 1.82) is 0 Å². The van der Waals surface area contributed by atoms with Gasteiger partial charge in [0.05, 0.1) is 29.3 Å². The second kappa shape index (κ2) is 10.3. The third kappa shape index (κ3) is 5.95. The summed E-state index contributed by atoms with van der Waals surface area (Å²) in [6, 6.07) is 12.1. The normalized spacial score (nSPS) is 10.6. The standard InChI is InChI=1S/C23H22BrNO6/c1-14-19(15(2)31-25-14)12-29-18-7-4-16(5-8-18)10-23(27)30-13-21(26)17-6-9-22(28-3)20(24)11-17/h4-9,11H,10,12-13H2,1-3H3. The molecule has 31 heavy (non-hydrogen) atoms. The molecule has 8 heteroatoms. The molecule has 0 aliphatic heterocycles.